The van der Waals surface area contributed by atoms with Gasteiger partial charge in [-0.05, 0) is 12.8 Å². The zero-order valence-electron chi connectivity index (χ0n) is 9.65. The van der Waals surface area contributed by atoms with Gasteiger partial charge in [-0.3, -0.25) is 9.36 Å². The number of aromatic nitrogens is 2. The Hall–Kier alpha value is -1.52. The van der Waals surface area contributed by atoms with E-state index in [1.807, 2.05) is 0 Å². The third kappa shape index (κ3) is 2.18. The molecule has 88 valence electrons. The molecule has 0 aliphatic carbocycles. The van der Waals surface area contributed by atoms with Gasteiger partial charge < -0.3 is 10.6 Å². The van der Waals surface area contributed by atoms with E-state index < -0.39 is 0 Å². The van der Waals surface area contributed by atoms with Crippen LogP contribution in [0.5, 0.6) is 0 Å². The van der Waals surface area contributed by atoms with Gasteiger partial charge in [0.25, 0.3) is 5.56 Å². The number of nitrogens with two attached hydrogens (primary N) is 1. The molecular weight excluding hydrogens is 204 g/mol. The summed E-state index contributed by atoms with van der Waals surface area (Å²) < 4.78 is 1.36. The molecule has 16 heavy (non-hydrogen) atoms. The van der Waals surface area contributed by atoms with Gasteiger partial charge in [0.1, 0.15) is 5.82 Å². The van der Waals surface area contributed by atoms with Crippen molar-refractivity contribution in [3.8, 4) is 0 Å². The summed E-state index contributed by atoms with van der Waals surface area (Å²) in [4.78, 5) is 18.0. The van der Waals surface area contributed by atoms with Crippen molar-refractivity contribution in [3.05, 3.63) is 16.4 Å². The summed E-state index contributed by atoms with van der Waals surface area (Å²) in [5.74, 6) is 1.01. The van der Waals surface area contributed by atoms with Crippen LogP contribution in [-0.4, -0.2) is 22.6 Å². The van der Waals surface area contributed by atoms with Gasteiger partial charge in [0, 0.05) is 26.2 Å². The highest BCUT2D eigenvalue weighted by Crippen LogP contribution is 2.16. The van der Waals surface area contributed by atoms with E-state index in [-0.39, 0.29) is 11.5 Å². The fraction of sp³-hybridized carbons (Fsp3) is 0.636. The minimum absolute atomic E-state index is 0.0910. The summed E-state index contributed by atoms with van der Waals surface area (Å²) in [5.41, 5.74) is 5.60. The number of hydrogen-bond donors (Lipinski definition) is 1. The molecule has 2 rings (SSSR count). The van der Waals surface area contributed by atoms with Crippen molar-refractivity contribution in [1.82, 2.24) is 9.55 Å². The van der Waals surface area contributed by atoms with Gasteiger partial charge in [-0.25, -0.2) is 0 Å². The maximum Gasteiger partial charge on any atom is 0.256 e. The summed E-state index contributed by atoms with van der Waals surface area (Å²) in [5, 5.41) is 0. The van der Waals surface area contributed by atoms with Gasteiger partial charge in [-0.15, -0.1) is 0 Å². The highest BCUT2D eigenvalue weighted by Gasteiger charge is 2.12. The zero-order chi connectivity index (χ0) is 11.5. The lowest BCUT2D eigenvalue weighted by Gasteiger charge is -2.21. The largest absolute Gasteiger partial charge is 0.369 e. The van der Waals surface area contributed by atoms with Crippen LogP contribution >= 0.6 is 0 Å². The van der Waals surface area contributed by atoms with Gasteiger partial charge in [0.05, 0.1) is 0 Å². The molecule has 0 saturated carbocycles. The number of nitrogen functional groups attached to an aromatic ring is 1. The van der Waals surface area contributed by atoms with Gasteiger partial charge >= 0.3 is 0 Å². The minimum atomic E-state index is -0.0910. The molecule has 0 aromatic carbocycles. The summed E-state index contributed by atoms with van der Waals surface area (Å²) in [7, 11) is 1.64. The number of anilines is 2. The van der Waals surface area contributed by atoms with E-state index >= 15 is 0 Å². The quantitative estimate of drug-likeness (QED) is 0.761. The number of nitrogens with zero attached hydrogens (tertiary/aromatic N) is 3. The molecule has 1 saturated heterocycles. The third-order valence-electron chi connectivity index (χ3n) is 3.09. The molecule has 0 spiro atoms. The van der Waals surface area contributed by atoms with E-state index in [4.69, 9.17) is 5.73 Å². The molecule has 0 atom stereocenters. The SMILES string of the molecule is Cn1c(N)nc(N2CCCCCC2)cc1=O. The molecule has 0 unspecified atom stereocenters. The molecule has 0 radical (unpaired) electrons. The van der Waals surface area contributed by atoms with Crippen molar-refractivity contribution < 1.29 is 0 Å². The molecule has 0 bridgehead atoms. The summed E-state index contributed by atoms with van der Waals surface area (Å²) in [6, 6.07) is 1.57. The van der Waals surface area contributed by atoms with Crippen molar-refractivity contribution in [1.29, 1.82) is 0 Å². The Morgan fingerprint density at radius 3 is 2.44 bits per heavy atom. The monoisotopic (exact) mass is 222 g/mol. The molecule has 1 aliphatic rings. The Balaban J connectivity index is 2.28. The van der Waals surface area contributed by atoms with Gasteiger partial charge in [0.15, 0.2) is 0 Å². The van der Waals surface area contributed by atoms with E-state index in [2.05, 4.69) is 9.88 Å². The molecular formula is C11H18N4O. The maximum atomic E-state index is 11.6. The van der Waals surface area contributed by atoms with Crippen LogP contribution in [0, 0.1) is 0 Å². The molecule has 5 nitrogen and oxygen atoms in total. The second-order valence-corrected chi connectivity index (χ2v) is 4.27. The highest BCUT2D eigenvalue weighted by atomic mass is 16.1. The van der Waals surface area contributed by atoms with Gasteiger partial charge in [-0.1, -0.05) is 12.8 Å². The fourth-order valence-electron chi connectivity index (χ4n) is 2.01. The second-order valence-electron chi connectivity index (χ2n) is 4.27. The molecule has 1 fully saturated rings. The van der Waals surface area contributed by atoms with Crippen molar-refractivity contribution in [2.24, 2.45) is 7.05 Å². The first-order chi connectivity index (χ1) is 7.68. The minimum Gasteiger partial charge on any atom is -0.369 e. The molecule has 2 heterocycles. The van der Waals surface area contributed by atoms with Crippen LogP contribution in [0.1, 0.15) is 25.7 Å². The smallest absolute Gasteiger partial charge is 0.256 e. The van der Waals surface area contributed by atoms with Crippen molar-refractivity contribution in [2.75, 3.05) is 23.7 Å². The van der Waals surface area contributed by atoms with E-state index in [0.29, 0.717) is 0 Å². The Kier molecular flexibility index (Phi) is 3.12. The average molecular weight is 222 g/mol. The van der Waals surface area contributed by atoms with Crippen molar-refractivity contribution in [2.45, 2.75) is 25.7 Å². The lowest BCUT2D eigenvalue weighted by molar-refractivity contribution is 0.726. The van der Waals surface area contributed by atoms with Crippen LogP contribution < -0.4 is 16.2 Å². The lowest BCUT2D eigenvalue weighted by Crippen LogP contribution is -2.29. The Labute approximate surface area is 94.9 Å². The Morgan fingerprint density at radius 1 is 1.25 bits per heavy atom. The molecule has 1 aliphatic heterocycles. The number of rotatable bonds is 1. The van der Waals surface area contributed by atoms with Crippen LogP contribution in [0.15, 0.2) is 10.9 Å². The normalized spacial score (nSPS) is 17.2. The molecule has 5 heteroatoms. The summed E-state index contributed by atoms with van der Waals surface area (Å²) in [6.07, 6.45) is 4.85. The van der Waals surface area contributed by atoms with Crippen LogP contribution in [-0.2, 0) is 7.05 Å². The Morgan fingerprint density at radius 2 is 1.88 bits per heavy atom. The summed E-state index contributed by atoms with van der Waals surface area (Å²) in [6.45, 7) is 1.94. The van der Waals surface area contributed by atoms with Crippen LogP contribution in [0.3, 0.4) is 0 Å². The second kappa shape index (κ2) is 4.55. The predicted octanol–water partition coefficient (Wildman–Crippen LogP) is 0.743. The first-order valence-electron chi connectivity index (χ1n) is 5.77. The zero-order valence-corrected chi connectivity index (χ0v) is 9.65. The first-order valence-corrected chi connectivity index (χ1v) is 5.77. The topological polar surface area (TPSA) is 64.2 Å². The summed E-state index contributed by atoms with van der Waals surface area (Å²) >= 11 is 0. The van der Waals surface area contributed by atoms with Crippen LogP contribution in [0.2, 0.25) is 0 Å². The molecule has 0 amide bonds. The van der Waals surface area contributed by atoms with E-state index in [1.165, 1.54) is 17.4 Å². The van der Waals surface area contributed by atoms with E-state index in [1.54, 1.807) is 13.1 Å². The van der Waals surface area contributed by atoms with Crippen molar-refractivity contribution >= 4 is 11.8 Å². The van der Waals surface area contributed by atoms with E-state index in [9.17, 15) is 4.79 Å². The van der Waals surface area contributed by atoms with Crippen LogP contribution in [0.4, 0.5) is 11.8 Å². The van der Waals surface area contributed by atoms with Gasteiger partial charge in [-0.2, -0.15) is 4.98 Å². The van der Waals surface area contributed by atoms with Crippen LogP contribution in [0.25, 0.3) is 0 Å². The number of hydrogen-bond acceptors (Lipinski definition) is 4. The third-order valence-corrected chi connectivity index (χ3v) is 3.09. The lowest BCUT2D eigenvalue weighted by atomic mass is 10.2. The molecule has 1 aromatic rings. The average Bonchev–Trinajstić information content (AvgIpc) is 2.53. The van der Waals surface area contributed by atoms with Crippen molar-refractivity contribution in [3.63, 3.8) is 0 Å². The maximum absolute atomic E-state index is 11.6. The highest BCUT2D eigenvalue weighted by molar-refractivity contribution is 5.41. The Bertz CT molecular complexity index is 418. The predicted molar refractivity (Wildman–Crippen MR) is 64.6 cm³/mol. The standard InChI is InChI=1S/C11H18N4O/c1-14-10(16)8-9(13-11(14)12)15-6-4-2-3-5-7-15/h8H,2-7H2,1H3,(H2,12,13). The fourth-order valence-corrected chi connectivity index (χ4v) is 2.01. The first kappa shape index (κ1) is 11.0. The molecule has 1 aromatic heterocycles. The van der Waals surface area contributed by atoms with E-state index in [0.717, 1.165) is 31.7 Å². The molecule has 2 N–H and O–H groups in total. The van der Waals surface area contributed by atoms with Gasteiger partial charge in [0.2, 0.25) is 5.95 Å².